The van der Waals surface area contributed by atoms with E-state index in [2.05, 4.69) is 0 Å². The second-order valence-electron chi connectivity index (χ2n) is 4.27. The normalized spacial score (nSPS) is 13.5. The van der Waals surface area contributed by atoms with Crippen molar-refractivity contribution in [2.24, 2.45) is 0 Å². The number of halogens is 1. The van der Waals surface area contributed by atoms with Crippen molar-refractivity contribution in [3.8, 4) is 11.5 Å². The van der Waals surface area contributed by atoms with E-state index in [-0.39, 0.29) is 6.79 Å². The fourth-order valence-electron chi connectivity index (χ4n) is 2.04. The Kier molecular flexibility index (Phi) is 3.58. The molecule has 1 aliphatic rings. The molecule has 2 aromatic carbocycles. The second kappa shape index (κ2) is 5.51. The summed E-state index contributed by atoms with van der Waals surface area (Å²) in [5.41, 5.74) is 1.90. The molecule has 1 aliphatic heterocycles. The average Bonchev–Trinajstić information content (AvgIpc) is 2.45. The van der Waals surface area contributed by atoms with Crippen molar-refractivity contribution < 1.29 is 14.2 Å². The maximum Gasteiger partial charge on any atom is 0.189 e. The molecule has 4 heteroatoms. The molecular weight excluding hydrogens is 264 g/mol. The maximum absolute atomic E-state index is 6.10. The highest BCUT2D eigenvalue weighted by atomic mass is 35.5. The maximum atomic E-state index is 6.10. The summed E-state index contributed by atoms with van der Waals surface area (Å²) in [7, 11) is 0. The highest BCUT2D eigenvalue weighted by Crippen LogP contribution is 2.32. The third kappa shape index (κ3) is 2.83. The van der Waals surface area contributed by atoms with E-state index in [9.17, 15) is 0 Å². The van der Waals surface area contributed by atoms with Crippen LogP contribution < -0.4 is 9.47 Å². The van der Waals surface area contributed by atoms with Crippen molar-refractivity contribution in [2.45, 2.75) is 13.2 Å². The number of hydrogen-bond acceptors (Lipinski definition) is 3. The van der Waals surface area contributed by atoms with Crippen molar-refractivity contribution in [3.05, 3.63) is 58.6 Å². The molecule has 0 N–H and O–H groups in total. The molecule has 19 heavy (non-hydrogen) atoms. The van der Waals surface area contributed by atoms with Crippen LogP contribution in [0.1, 0.15) is 11.1 Å². The Labute approximate surface area is 116 Å². The molecule has 0 bridgehead atoms. The van der Waals surface area contributed by atoms with Crippen molar-refractivity contribution in [3.63, 3.8) is 0 Å². The van der Waals surface area contributed by atoms with Gasteiger partial charge in [0.15, 0.2) is 6.79 Å². The van der Waals surface area contributed by atoms with Gasteiger partial charge in [-0.1, -0.05) is 29.8 Å². The fraction of sp³-hybridized carbons (Fsp3) is 0.200. The molecule has 0 radical (unpaired) electrons. The summed E-state index contributed by atoms with van der Waals surface area (Å²) in [6, 6.07) is 13.4. The van der Waals surface area contributed by atoms with Crippen LogP contribution in [0.3, 0.4) is 0 Å². The number of fused-ring (bicyclic) bond motifs is 1. The fourth-order valence-corrected chi connectivity index (χ4v) is 2.31. The summed E-state index contributed by atoms with van der Waals surface area (Å²) in [6.07, 6.45) is 0. The third-order valence-electron chi connectivity index (χ3n) is 2.89. The van der Waals surface area contributed by atoms with Gasteiger partial charge in [0.1, 0.15) is 18.1 Å². The Morgan fingerprint density at radius 1 is 1.16 bits per heavy atom. The molecule has 0 saturated heterocycles. The molecule has 98 valence electrons. The Morgan fingerprint density at radius 2 is 2.00 bits per heavy atom. The summed E-state index contributed by atoms with van der Waals surface area (Å²) in [5, 5.41) is 0.666. The first-order valence-corrected chi connectivity index (χ1v) is 6.40. The van der Waals surface area contributed by atoms with Gasteiger partial charge in [0.25, 0.3) is 0 Å². The van der Waals surface area contributed by atoms with Gasteiger partial charge >= 0.3 is 0 Å². The number of ether oxygens (including phenoxy) is 3. The first-order valence-electron chi connectivity index (χ1n) is 6.02. The smallest absolute Gasteiger partial charge is 0.189 e. The summed E-state index contributed by atoms with van der Waals surface area (Å²) in [5.74, 6) is 1.65. The van der Waals surface area contributed by atoms with Crippen LogP contribution in [-0.2, 0) is 18.0 Å². The van der Waals surface area contributed by atoms with E-state index in [1.807, 2.05) is 42.5 Å². The van der Waals surface area contributed by atoms with Gasteiger partial charge in [-0.15, -0.1) is 0 Å². The molecular formula is C15H13ClO3. The molecule has 0 aromatic heterocycles. The standard InChI is InChI=1S/C15H13ClO3/c16-13-6-11-8-17-10-19-15(11)12(7-13)9-18-14-4-2-1-3-5-14/h1-7H,8-10H2. The molecule has 2 aromatic rings. The Hall–Kier alpha value is -1.71. The molecule has 0 unspecified atom stereocenters. The van der Waals surface area contributed by atoms with E-state index in [1.165, 1.54) is 0 Å². The molecule has 0 saturated carbocycles. The molecule has 3 rings (SSSR count). The first kappa shape index (κ1) is 12.3. The van der Waals surface area contributed by atoms with Crippen LogP contribution in [0.25, 0.3) is 0 Å². The SMILES string of the molecule is Clc1cc2c(c(COc3ccccc3)c1)OCOC2. The molecule has 0 atom stereocenters. The van der Waals surface area contributed by atoms with Gasteiger partial charge in [-0.3, -0.25) is 0 Å². The number of para-hydroxylation sites is 1. The topological polar surface area (TPSA) is 27.7 Å². The molecule has 1 heterocycles. The van der Waals surface area contributed by atoms with Crippen LogP contribution in [0.4, 0.5) is 0 Å². The largest absolute Gasteiger partial charge is 0.489 e. The van der Waals surface area contributed by atoms with Crippen LogP contribution in [0.2, 0.25) is 5.02 Å². The number of rotatable bonds is 3. The summed E-state index contributed by atoms with van der Waals surface area (Å²) in [4.78, 5) is 0. The highest BCUT2D eigenvalue weighted by molar-refractivity contribution is 6.30. The van der Waals surface area contributed by atoms with E-state index in [0.717, 1.165) is 22.6 Å². The Bertz CT molecular complexity index is 569. The van der Waals surface area contributed by atoms with E-state index < -0.39 is 0 Å². The summed E-state index contributed by atoms with van der Waals surface area (Å²) >= 11 is 6.10. The van der Waals surface area contributed by atoms with Crippen LogP contribution in [-0.4, -0.2) is 6.79 Å². The minimum absolute atomic E-state index is 0.271. The number of benzene rings is 2. The minimum atomic E-state index is 0.271. The molecule has 0 spiro atoms. The zero-order valence-electron chi connectivity index (χ0n) is 10.3. The molecule has 0 fully saturated rings. The van der Waals surface area contributed by atoms with Crippen molar-refractivity contribution in [1.82, 2.24) is 0 Å². The van der Waals surface area contributed by atoms with Crippen LogP contribution in [0, 0.1) is 0 Å². The molecule has 0 amide bonds. The van der Waals surface area contributed by atoms with Crippen LogP contribution in [0.15, 0.2) is 42.5 Å². The van der Waals surface area contributed by atoms with E-state index in [4.69, 9.17) is 25.8 Å². The lowest BCUT2D eigenvalue weighted by atomic mass is 10.1. The quantitative estimate of drug-likeness (QED) is 0.854. The summed E-state index contributed by atoms with van der Waals surface area (Å²) < 4.78 is 16.5. The zero-order valence-corrected chi connectivity index (χ0v) is 11.0. The van der Waals surface area contributed by atoms with Gasteiger partial charge in [0.05, 0.1) is 6.61 Å². The predicted octanol–water partition coefficient (Wildman–Crippen LogP) is 3.79. The first-order chi connectivity index (χ1) is 9.33. The van der Waals surface area contributed by atoms with Crippen LogP contribution in [0.5, 0.6) is 11.5 Å². The van der Waals surface area contributed by atoms with Gasteiger partial charge in [-0.2, -0.15) is 0 Å². The van der Waals surface area contributed by atoms with Crippen molar-refractivity contribution in [1.29, 1.82) is 0 Å². The Morgan fingerprint density at radius 3 is 2.84 bits per heavy atom. The molecule has 3 nitrogen and oxygen atoms in total. The summed E-state index contributed by atoms with van der Waals surface area (Å²) in [6.45, 7) is 1.22. The zero-order chi connectivity index (χ0) is 13.1. The van der Waals surface area contributed by atoms with Gasteiger partial charge in [-0.25, -0.2) is 0 Å². The second-order valence-corrected chi connectivity index (χ2v) is 4.70. The lowest BCUT2D eigenvalue weighted by molar-refractivity contribution is -0.0175. The highest BCUT2D eigenvalue weighted by Gasteiger charge is 2.16. The van der Waals surface area contributed by atoms with Crippen molar-refractivity contribution >= 4 is 11.6 Å². The number of hydrogen-bond donors (Lipinski definition) is 0. The van der Waals surface area contributed by atoms with Gasteiger partial charge in [-0.05, 0) is 24.3 Å². The monoisotopic (exact) mass is 276 g/mol. The van der Waals surface area contributed by atoms with Crippen LogP contribution >= 0.6 is 11.6 Å². The van der Waals surface area contributed by atoms with E-state index in [1.54, 1.807) is 0 Å². The molecule has 0 aliphatic carbocycles. The van der Waals surface area contributed by atoms with Crippen molar-refractivity contribution in [2.75, 3.05) is 6.79 Å². The van der Waals surface area contributed by atoms with E-state index in [0.29, 0.717) is 18.2 Å². The minimum Gasteiger partial charge on any atom is -0.489 e. The van der Waals surface area contributed by atoms with E-state index >= 15 is 0 Å². The van der Waals surface area contributed by atoms with Gasteiger partial charge in [0, 0.05) is 16.1 Å². The lowest BCUT2D eigenvalue weighted by Crippen LogP contribution is -2.14. The Balaban J connectivity index is 1.82. The van der Waals surface area contributed by atoms with Gasteiger partial charge in [0.2, 0.25) is 0 Å². The lowest BCUT2D eigenvalue weighted by Gasteiger charge is -2.21. The average molecular weight is 277 g/mol. The third-order valence-corrected chi connectivity index (χ3v) is 3.11. The van der Waals surface area contributed by atoms with Gasteiger partial charge < -0.3 is 14.2 Å². The predicted molar refractivity (Wildman–Crippen MR) is 72.5 cm³/mol.